The average Bonchev–Trinajstić information content (AvgIpc) is 2.36. The van der Waals surface area contributed by atoms with E-state index in [1.165, 1.54) is 4.31 Å². The summed E-state index contributed by atoms with van der Waals surface area (Å²) in [5.74, 6) is 0.585. The maximum atomic E-state index is 12.9. The molecule has 1 fully saturated rings. The van der Waals surface area contributed by atoms with E-state index < -0.39 is 10.2 Å². The Morgan fingerprint density at radius 1 is 1.15 bits per heavy atom. The fourth-order valence-corrected chi connectivity index (χ4v) is 4.86. The van der Waals surface area contributed by atoms with Crippen LogP contribution in [0.15, 0.2) is 0 Å². The van der Waals surface area contributed by atoms with E-state index >= 15 is 0 Å². The highest BCUT2D eigenvalue weighted by atomic mass is 32.2. The molecule has 1 saturated heterocycles. The highest BCUT2D eigenvalue weighted by molar-refractivity contribution is 7.86. The van der Waals surface area contributed by atoms with Gasteiger partial charge >= 0.3 is 0 Å². The molecule has 0 aromatic heterocycles. The predicted octanol–water partition coefficient (Wildman–Crippen LogP) is 1.69. The van der Waals surface area contributed by atoms with E-state index in [1.807, 2.05) is 27.7 Å². The number of piperidine rings is 1. The highest BCUT2D eigenvalue weighted by Crippen LogP contribution is 2.23. The summed E-state index contributed by atoms with van der Waals surface area (Å²) >= 11 is 0. The molecule has 20 heavy (non-hydrogen) atoms. The molecule has 0 radical (unpaired) electrons. The van der Waals surface area contributed by atoms with E-state index in [1.54, 1.807) is 4.31 Å². The molecule has 120 valence electrons. The zero-order chi connectivity index (χ0) is 15.3. The van der Waals surface area contributed by atoms with Gasteiger partial charge in [0, 0.05) is 25.7 Å². The Labute approximate surface area is 124 Å². The van der Waals surface area contributed by atoms with Crippen molar-refractivity contribution in [2.24, 2.45) is 11.8 Å². The van der Waals surface area contributed by atoms with E-state index in [0.717, 1.165) is 19.3 Å². The lowest BCUT2D eigenvalue weighted by molar-refractivity contribution is 0.145. The van der Waals surface area contributed by atoms with Gasteiger partial charge in [0.15, 0.2) is 0 Å². The smallest absolute Gasteiger partial charge is 0.282 e. The van der Waals surface area contributed by atoms with Crippen molar-refractivity contribution < 1.29 is 13.5 Å². The van der Waals surface area contributed by atoms with E-state index in [9.17, 15) is 13.5 Å². The van der Waals surface area contributed by atoms with Gasteiger partial charge in [-0.15, -0.1) is 0 Å². The van der Waals surface area contributed by atoms with Gasteiger partial charge in [-0.05, 0) is 24.7 Å². The second kappa shape index (κ2) is 7.73. The summed E-state index contributed by atoms with van der Waals surface area (Å²) < 4.78 is 28.8. The third-order valence-corrected chi connectivity index (χ3v) is 5.57. The first-order valence-electron chi connectivity index (χ1n) is 7.66. The minimum Gasteiger partial charge on any atom is -0.395 e. The third kappa shape index (κ3) is 4.69. The number of nitrogens with zero attached hydrogens (tertiary/aromatic N) is 2. The van der Waals surface area contributed by atoms with E-state index in [2.05, 4.69) is 0 Å². The molecule has 6 heteroatoms. The lowest BCUT2D eigenvalue weighted by atomic mass is 10.1. The van der Waals surface area contributed by atoms with Gasteiger partial charge in [-0.2, -0.15) is 17.0 Å². The molecule has 1 atom stereocenters. The fraction of sp³-hybridized carbons (Fsp3) is 1.00. The molecule has 0 aromatic rings. The Hall–Kier alpha value is -0.170. The van der Waals surface area contributed by atoms with Gasteiger partial charge in [-0.3, -0.25) is 0 Å². The Bertz CT molecular complexity index is 372. The standard InChI is InChI=1S/C14H30N2O3S/c1-12(2)9-15(10-13(3)4)20(18,19)16-8-6-5-7-14(16)11-17/h12-14,17H,5-11H2,1-4H3. The van der Waals surface area contributed by atoms with Gasteiger partial charge in [0.05, 0.1) is 6.61 Å². The summed E-state index contributed by atoms with van der Waals surface area (Å²) in [6.07, 6.45) is 2.63. The molecule has 1 unspecified atom stereocenters. The molecule has 1 N–H and O–H groups in total. The summed E-state index contributed by atoms with van der Waals surface area (Å²) in [5.41, 5.74) is 0. The van der Waals surface area contributed by atoms with Crippen molar-refractivity contribution >= 4 is 10.2 Å². The van der Waals surface area contributed by atoms with Crippen LogP contribution in [-0.2, 0) is 10.2 Å². The summed E-state index contributed by atoms with van der Waals surface area (Å²) in [4.78, 5) is 0. The van der Waals surface area contributed by atoms with Crippen LogP contribution in [0, 0.1) is 11.8 Å². The monoisotopic (exact) mass is 306 g/mol. The van der Waals surface area contributed by atoms with Crippen molar-refractivity contribution in [1.82, 2.24) is 8.61 Å². The Morgan fingerprint density at radius 3 is 2.15 bits per heavy atom. The van der Waals surface area contributed by atoms with E-state index in [-0.39, 0.29) is 12.6 Å². The van der Waals surface area contributed by atoms with Crippen molar-refractivity contribution in [2.45, 2.75) is 53.0 Å². The molecule has 0 amide bonds. The zero-order valence-electron chi connectivity index (χ0n) is 13.2. The molecule has 1 rings (SSSR count). The molecule has 1 aliphatic rings. The molecular weight excluding hydrogens is 276 g/mol. The minimum absolute atomic E-state index is 0.0869. The van der Waals surface area contributed by atoms with Crippen molar-refractivity contribution in [3.8, 4) is 0 Å². The number of hydrogen-bond donors (Lipinski definition) is 1. The summed E-state index contributed by atoms with van der Waals surface area (Å²) in [7, 11) is -3.47. The van der Waals surface area contributed by atoms with E-state index in [0.29, 0.717) is 31.5 Å². The number of aliphatic hydroxyl groups excluding tert-OH is 1. The highest BCUT2D eigenvalue weighted by Gasteiger charge is 2.36. The van der Waals surface area contributed by atoms with Crippen LogP contribution in [0.3, 0.4) is 0 Å². The summed E-state index contributed by atoms with van der Waals surface area (Å²) in [6.45, 7) is 9.64. The fourth-order valence-electron chi connectivity index (χ4n) is 2.69. The van der Waals surface area contributed by atoms with Gasteiger partial charge in [0.1, 0.15) is 0 Å². The first-order valence-corrected chi connectivity index (χ1v) is 9.06. The Morgan fingerprint density at radius 2 is 1.70 bits per heavy atom. The lowest BCUT2D eigenvalue weighted by Gasteiger charge is -2.38. The normalized spacial score (nSPS) is 22.1. The predicted molar refractivity (Wildman–Crippen MR) is 81.6 cm³/mol. The first kappa shape index (κ1) is 17.9. The van der Waals surface area contributed by atoms with E-state index in [4.69, 9.17) is 0 Å². The van der Waals surface area contributed by atoms with Gasteiger partial charge in [-0.1, -0.05) is 34.1 Å². The van der Waals surface area contributed by atoms with Crippen LogP contribution in [0.25, 0.3) is 0 Å². The van der Waals surface area contributed by atoms with Crippen LogP contribution < -0.4 is 0 Å². The molecule has 0 bridgehead atoms. The van der Waals surface area contributed by atoms with Gasteiger partial charge in [0.25, 0.3) is 10.2 Å². The van der Waals surface area contributed by atoms with Gasteiger partial charge in [0.2, 0.25) is 0 Å². The molecule has 0 aromatic carbocycles. The van der Waals surface area contributed by atoms with Crippen LogP contribution in [0.4, 0.5) is 0 Å². The third-order valence-electron chi connectivity index (χ3n) is 3.54. The largest absolute Gasteiger partial charge is 0.395 e. The molecule has 0 saturated carbocycles. The maximum Gasteiger partial charge on any atom is 0.282 e. The lowest BCUT2D eigenvalue weighted by Crippen LogP contribution is -2.53. The second-order valence-electron chi connectivity index (χ2n) is 6.56. The SMILES string of the molecule is CC(C)CN(CC(C)C)S(=O)(=O)N1CCCCC1CO. The number of hydrogen-bond acceptors (Lipinski definition) is 3. The number of aliphatic hydroxyl groups is 1. The van der Waals surface area contributed by atoms with Gasteiger partial charge in [-0.25, -0.2) is 0 Å². The first-order chi connectivity index (χ1) is 9.28. The maximum absolute atomic E-state index is 12.9. The van der Waals surface area contributed by atoms with Crippen LogP contribution >= 0.6 is 0 Å². The molecule has 1 aliphatic heterocycles. The topological polar surface area (TPSA) is 60.9 Å². The molecule has 1 heterocycles. The molecule has 0 aliphatic carbocycles. The Balaban J connectivity index is 2.95. The quantitative estimate of drug-likeness (QED) is 0.778. The van der Waals surface area contributed by atoms with Crippen molar-refractivity contribution in [3.63, 3.8) is 0 Å². The molecule has 5 nitrogen and oxygen atoms in total. The molecule has 0 spiro atoms. The van der Waals surface area contributed by atoms with Crippen molar-refractivity contribution in [1.29, 1.82) is 0 Å². The van der Waals surface area contributed by atoms with Crippen LogP contribution in [-0.4, -0.2) is 54.4 Å². The second-order valence-corrected chi connectivity index (χ2v) is 8.44. The summed E-state index contributed by atoms with van der Waals surface area (Å²) in [5, 5.41) is 9.45. The Kier molecular flexibility index (Phi) is 6.91. The zero-order valence-corrected chi connectivity index (χ0v) is 14.1. The van der Waals surface area contributed by atoms with Crippen molar-refractivity contribution in [3.05, 3.63) is 0 Å². The van der Waals surface area contributed by atoms with Crippen LogP contribution in [0.5, 0.6) is 0 Å². The minimum atomic E-state index is -3.47. The van der Waals surface area contributed by atoms with Crippen LogP contribution in [0.1, 0.15) is 47.0 Å². The average molecular weight is 306 g/mol. The van der Waals surface area contributed by atoms with Crippen molar-refractivity contribution in [2.75, 3.05) is 26.2 Å². The van der Waals surface area contributed by atoms with Crippen LogP contribution in [0.2, 0.25) is 0 Å². The summed E-state index contributed by atoms with van der Waals surface area (Å²) in [6, 6.07) is -0.254. The molecular formula is C14H30N2O3S. The number of rotatable bonds is 7. The van der Waals surface area contributed by atoms with Gasteiger partial charge < -0.3 is 5.11 Å².